The zero-order valence-corrected chi connectivity index (χ0v) is 18.0. The lowest BCUT2D eigenvalue weighted by Gasteiger charge is -2.20. The standard InChI is InChI=1S/C24H46O2/c1-5-6-7-8-9-10-11-12-13-14-15-16-17-18-23(21(2)3)20-19-22(4)24(25)26/h21,23H,4-20H2,1-3H3,(H,25,26). The molecule has 0 radical (unpaired) electrons. The molecule has 0 aromatic rings. The van der Waals surface area contributed by atoms with Crippen LogP contribution in [0.2, 0.25) is 0 Å². The highest BCUT2D eigenvalue weighted by atomic mass is 16.4. The van der Waals surface area contributed by atoms with E-state index in [9.17, 15) is 4.79 Å². The average Bonchev–Trinajstić information content (AvgIpc) is 2.60. The molecule has 154 valence electrons. The summed E-state index contributed by atoms with van der Waals surface area (Å²) in [5.74, 6) is 0.432. The van der Waals surface area contributed by atoms with Crippen LogP contribution in [0.3, 0.4) is 0 Å². The van der Waals surface area contributed by atoms with E-state index in [2.05, 4.69) is 27.4 Å². The molecule has 0 bridgehead atoms. The van der Waals surface area contributed by atoms with Crippen molar-refractivity contribution >= 4 is 5.97 Å². The van der Waals surface area contributed by atoms with Crippen LogP contribution in [0.4, 0.5) is 0 Å². The molecular weight excluding hydrogens is 320 g/mol. The van der Waals surface area contributed by atoms with Crippen LogP contribution in [0.1, 0.15) is 124 Å². The first-order valence-corrected chi connectivity index (χ1v) is 11.4. The highest BCUT2D eigenvalue weighted by Crippen LogP contribution is 2.25. The highest BCUT2D eigenvalue weighted by Gasteiger charge is 2.15. The first-order chi connectivity index (χ1) is 12.5. The van der Waals surface area contributed by atoms with Crippen LogP contribution in [-0.4, -0.2) is 11.1 Å². The SMILES string of the molecule is C=C(CCC(CCCCCCCCCCCCCCC)C(C)C)C(=O)O. The lowest BCUT2D eigenvalue weighted by Crippen LogP contribution is -2.10. The van der Waals surface area contributed by atoms with Gasteiger partial charge in [0.25, 0.3) is 0 Å². The van der Waals surface area contributed by atoms with Crippen LogP contribution >= 0.6 is 0 Å². The summed E-state index contributed by atoms with van der Waals surface area (Å²) in [7, 11) is 0. The molecule has 1 N–H and O–H groups in total. The first-order valence-electron chi connectivity index (χ1n) is 11.4. The van der Waals surface area contributed by atoms with E-state index in [1.54, 1.807) is 0 Å². The van der Waals surface area contributed by atoms with Crippen molar-refractivity contribution in [2.45, 2.75) is 124 Å². The Kier molecular flexibility index (Phi) is 17.1. The van der Waals surface area contributed by atoms with Crippen LogP contribution in [0, 0.1) is 11.8 Å². The molecule has 0 heterocycles. The summed E-state index contributed by atoms with van der Waals surface area (Å²) in [6, 6.07) is 0. The maximum atomic E-state index is 10.9. The van der Waals surface area contributed by atoms with Crippen LogP contribution in [0.5, 0.6) is 0 Å². The van der Waals surface area contributed by atoms with Gasteiger partial charge in [0.2, 0.25) is 0 Å². The van der Waals surface area contributed by atoms with Gasteiger partial charge in [0.05, 0.1) is 0 Å². The summed E-state index contributed by atoms with van der Waals surface area (Å²) in [6.07, 6.45) is 21.0. The average molecular weight is 367 g/mol. The third-order valence-corrected chi connectivity index (χ3v) is 5.74. The number of aliphatic carboxylic acids is 1. The third kappa shape index (κ3) is 15.5. The molecule has 2 heteroatoms. The van der Waals surface area contributed by atoms with E-state index in [4.69, 9.17) is 5.11 Å². The van der Waals surface area contributed by atoms with Gasteiger partial charge >= 0.3 is 5.97 Å². The monoisotopic (exact) mass is 366 g/mol. The maximum absolute atomic E-state index is 10.9. The number of carboxylic acids is 1. The lowest BCUT2D eigenvalue weighted by atomic mass is 9.85. The van der Waals surface area contributed by atoms with Crippen molar-refractivity contribution in [3.05, 3.63) is 12.2 Å². The molecule has 0 aliphatic heterocycles. The molecular formula is C24H46O2. The molecule has 0 aromatic heterocycles. The Bertz CT molecular complexity index is 346. The van der Waals surface area contributed by atoms with Crippen LogP contribution in [0.25, 0.3) is 0 Å². The number of unbranched alkanes of at least 4 members (excludes halogenated alkanes) is 12. The van der Waals surface area contributed by atoms with E-state index in [1.807, 2.05) is 0 Å². The van der Waals surface area contributed by atoms with Gasteiger partial charge in [0, 0.05) is 5.57 Å². The molecule has 0 rings (SSSR count). The predicted octanol–water partition coefficient (Wildman–Crippen LogP) is 8.16. The summed E-state index contributed by atoms with van der Waals surface area (Å²) in [5, 5.41) is 8.93. The minimum absolute atomic E-state index is 0.362. The molecule has 0 fully saturated rings. The summed E-state index contributed by atoms with van der Waals surface area (Å²) >= 11 is 0. The molecule has 26 heavy (non-hydrogen) atoms. The second-order valence-electron chi connectivity index (χ2n) is 8.48. The molecule has 1 unspecified atom stereocenters. The molecule has 0 saturated carbocycles. The van der Waals surface area contributed by atoms with Gasteiger partial charge in [0.1, 0.15) is 0 Å². The third-order valence-electron chi connectivity index (χ3n) is 5.74. The molecule has 2 nitrogen and oxygen atoms in total. The smallest absolute Gasteiger partial charge is 0.330 e. The Morgan fingerprint density at radius 3 is 1.58 bits per heavy atom. The van der Waals surface area contributed by atoms with Crippen molar-refractivity contribution in [2.75, 3.05) is 0 Å². The van der Waals surface area contributed by atoms with Gasteiger partial charge in [-0.15, -0.1) is 0 Å². The Hall–Kier alpha value is -0.790. The second-order valence-corrected chi connectivity index (χ2v) is 8.48. The Balaban J connectivity index is 3.50. The Labute approximate surface area is 163 Å². The van der Waals surface area contributed by atoms with Crippen molar-refractivity contribution in [1.29, 1.82) is 0 Å². The zero-order chi connectivity index (χ0) is 19.6. The number of hydrogen-bond donors (Lipinski definition) is 1. The second kappa shape index (κ2) is 17.6. The van der Waals surface area contributed by atoms with E-state index in [0.717, 1.165) is 6.42 Å². The summed E-state index contributed by atoms with van der Waals surface area (Å²) in [4.78, 5) is 10.9. The van der Waals surface area contributed by atoms with Crippen LogP contribution < -0.4 is 0 Å². The molecule has 0 aliphatic rings. The number of carboxylic acid groups (broad SMARTS) is 1. The lowest BCUT2D eigenvalue weighted by molar-refractivity contribution is -0.132. The minimum atomic E-state index is -0.839. The molecule has 1 atom stereocenters. The normalized spacial score (nSPS) is 12.5. The van der Waals surface area contributed by atoms with Gasteiger partial charge in [-0.25, -0.2) is 4.79 Å². The summed E-state index contributed by atoms with van der Waals surface area (Å²) in [5.41, 5.74) is 0.362. The van der Waals surface area contributed by atoms with Gasteiger partial charge in [-0.2, -0.15) is 0 Å². The largest absolute Gasteiger partial charge is 0.478 e. The molecule has 0 saturated heterocycles. The van der Waals surface area contributed by atoms with Gasteiger partial charge < -0.3 is 5.11 Å². The van der Waals surface area contributed by atoms with Gasteiger partial charge in [-0.1, -0.05) is 117 Å². The van der Waals surface area contributed by atoms with E-state index >= 15 is 0 Å². The van der Waals surface area contributed by atoms with E-state index in [-0.39, 0.29) is 0 Å². The topological polar surface area (TPSA) is 37.3 Å². The molecule has 0 aromatic carbocycles. The fourth-order valence-electron chi connectivity index (χ4n) is 3.70. The quantitative estimate of drug-likeness (QED) is 0.185. The van der Waals surface area contributed by atoms with Crippen molar-refractivity contribution in [1.82, 2.24) is 0 Å². The Morgan fingerprint density at radius 2 is 1.19 bits per heavy atom. The van der Waals surface area contributed by atoms with Crippen LogP contribution in [-0.2, 0) is 4.79 Å². The highest BCUT2D eigenvalue weighted by molar-refractivity contribution is 5.85. The fourth-order valence-corrected chi connectivity index (χ4v) is 3.70. The van der Waals surface area contributed by atoms with E-state index < -0.39 is 5.97 Å². The molecule has 0 spiro atoms. The van der Waals surface area contributed by atoms with Gasteiger partial charge in [0.15, 0.2) is 0 Å². The van der Waals surface area contributed by atoms with Crippen molar-refractivity contribution in [3.8, 4) is 0 Å². The summed E-state index contributed by atoms with van der Waals surface area (Å²) < 4.78 is 0. The number of carbonyl (C=O) groups is 1. The van der Waals surface area contributed by atoms with Crippen molar-refractivity contribution in [2.24, 2.45) is 11.8 Å². The molecule has 0 aliphatic carbocycles. The van der Waals surface area contributed by atoms with Crippen molar-refractivity contribution in [3.63, 3.8) is 0 Å². The zero-order valence-electron chi connectivity index (χ0n) is 18.0. The van der Waals surface area contributed by atoms with Gasteiger partial charge in [-0.3, -0.25) is 0 Å². The Morgan fingerprint density at radius 1 is 0.769 bits per heavy atom. The first kappa shape index (κ1) is 25.2. The fraction of sp³-hybridized carbons (Fsp3) is 0.875. The molecule has 0 amide bonds. The number of hydrogen-bond acceptors (Lipinski definition) is 1. The van der Waals surface area contributed by atoms with E-state index in [1.165, 1.54) is 89.9 Å². The number of rotatable bonds is 19. The predicted molar refractivity (Wildman–Crippen MR) is 115 cm³/mol. The van der Waals surface area contributed by atoms with Crippen molar-refractivity contribution < 1.29 is 9.90 Å². The van der Waals surface area contributed by atoms with Gasteiger partial charge in [-0.05, 0) is 24.7 Å². The van der Waals surface area contributed by atoms with Crippen LogP contribution in [0.15, 0.2) is 12.2 Å². The summed E-state index contributed by atoms with van der Waals surface area (Å²) in [6.45, 7) is 10.5. The maximum Gasteiger partial charge on any atom is 0.330 e. The van der Waals surface area contributed by atoms with E-state index in [0.29, 0.717) is 23.8 Å². The minimum Gasteiger partial charge on any atom is -0.478 e.